The summed E-state index contributed by atoms with van der Waals surface area (Å²) in [4.78, 5) is 0. The van der Waals surface area contributed by atoms with Crippen LogP contribution in [0.4, 0.5) is 0 Å². The first-order valence-corrected chi connectivity index (χ1v) is 6.02. The molecule has 0 aliphatic rings. The molecule has 94 valence electrons. The minimum absolute atomic E-state index is 0.693. The van der Waals surface area contributed by atoms with Crippen molar-refractivity contribution < 1.29 is 10.2 Å². The molecular weight excluding hydrogens is 224 g/mol. The molecule has 0 saturated carbocycles. The predicted molar refractivity (Wildman–Crippen MR) is 72.0 cm³/mol. The molecular formula is C16H18O2. The van der Waals surface area contributed by atoms with Gasteiger partial charge < -0.3 is 10.2 Å². The van der Waals surface area contributed by atoms with Crippen molar-refractivity contribution in [3.63, 3.8) is 0 Å². The highest BCUT2D eigenvalue weighted by atomic mass is 16.4. The Labute approximate surface area is 108 Å². The van der Waals surface area contributed by atoms with Gasteiger partial charge in [0.1, 0.15) is 11.2 Å². The quantitative estimate of drug-likeness (QED) is 0.869. The molecule has 2 N–H and O–H groups in total. The van der Waals surface area contributed by atoms with Crippen molar-refractivity contribution in [1.82, 2.24) is 0 Å². The second-order valence-corrected chi connectivity index (χ2v) is 4.88. The zero-order valence-corrected chi connectivity index (χ0v) is 10.7. The first-order valence-electron chi connectivity index (χ1n) is 6.02. The largest absolute Gasteiger partial charge is 0.382 e. The molecule has 18 heavy (non-hydrogen) atoms. The Bertz CT molecular complexity index is 452. The molecule has 2 heteroatoms. The van der Waals surface area contributed by atoms with Crippen molar-refractivity contribution in [3.05, 3.63) is 71.8 Å². The summed E-state index contributed by atoms with van der Waals surface area (Å²) in [6.07, 6.45) is 0. The second kappa shape index (κ2) is 4.56. The fourth-order valence-corrected chi connectivity index (χ4v) is 2.09. The van der Waals surface area contributed by atoms with Crippen molar-refractivity contribution in [2.75, 3.05) is 0 Å². The molecule has 0 bridgehead atoms. The molecule has 0 saturated heterocycles. The molecule has 0 fully saturated rings. The Balaban J connectivity index is 2.47. The van der Waals surface area contributed by atoms with E-state index in [1.54, 1.807) is 13.8 Å². The van der Waals surface area contributed by atoms with Gasteiger partial charge in [0.15, 0.2) is 0 Å². The summed E-state index contributed by atoms with van der Waals surface area (Å²) in [5.74, 6) is 0. The van der Waals surface area contributed by atoms with Crippen LogP contribution >= 0.6 is 0 Å². The summed E-state index contributed by atoms with van der Waals surface area (Å²) in [5, 5.41) is 21.4. The van der Waals surface area contributed by atoms with Gasteiger partial charge in [-0.25, -0.2) is 0 Å². The van der Waals surface area contributed by atoms with E-state index in [-0.39, 0.29) is 0 Å². The molecule has 2 atom stereocenters. The lowest BCUT2D eigenvalue weighted by atomic mass is 9.76. The SMILES string of the molecule is C[C@@](O)(c1ccccc1)[C@](C)(O)c1ccccc1. The zero-order chi connectivity index (χ0) is 13.2. The van der Waals surface area contributed by atoms with Crippen molar-refractivity contribution in [2.24, 2.45) is 0 Å². The number of rotatable bonds is 3. The Hall–Kier alpha value is -1.64. The second-order valence-electron chi connectivity index (χ2n) is 4.88. The van der Waals surface area contributed by atoms with Gasteiger partial charge in [0.05, 0.1) is 0 Å². The van der Waals surface area contributed by atoms with Crippen molar-refractivity contribution >= 4 is 0 Å². The summed E-state index contributed by atoms with van der Waals surface area (Å²) >= 11 is 0. The van der Waals surface area contributed by atoms with Crippen LogP contribution in [0.25, 0.3) is 0 Å². The van der Waals surface area contributed by atoms with Gasteiger partial charge >= 0.3 is 0 Å². The van der Waals surface area contributed by atoms with Crippen LogP contribution in [-0.4, -0.2) is 10.2 Å². The smallest absolute Gasteiger partial charge is 0.119 e. The molecule has 0 heterocycles. The number of hydrogen-bond acceptors (Lipinski definition) is 2. The van der Waals surface area contributed by atoms with Crippen LogP contribution in [0.2, 0.25) is 0 Å². The molecule has 2 rings (SSSR count). The maximum Gasteiger partial charge on any atom is 0.119 e. The molecule has 0 spiro atoms. The summed E-state index contributed by atoms with van der Waals surface area (Å²) in [5.41, 5.74) is -1.32. The fraction of sp³-hybridized carbons (Fsp3) is 0.250. The number of aliphatic hydroxyl groups is 2. The Morgan fingerprint density at radius 2 is 0.889 bits per heavy atom. The molecule has 2 aromatic rings. The van der Waals surface area contributed by atoms with Gasteiger partial charge in [-0.1, -0.05) is 60.7 Å². The summed E-state index contributed by atoms with van der Waals surface area (Å²) < 4.78 is 0. The predicted octanol–water partition coefficient (Wildman–Crippen LogP) is 2.80. The Morgan fingerprint density at radius 3 is 1.17 bits per heavy atom. The van der Waals surface area contributed by atoms with E-state index in [9.17, 15) is 10.2 Å². The normalized spacial score (nSPS) is 17.8. The van der Waals surface area contributed by atoms with E-state index in [0.717, 1.165) is 0 Å². The van der Waals surface area contributed by atoms with E-state index in [1.807, 2.05) is 60.7 Å². The highest BCUT2D eigenvalue weighted by Crippen LogP contribution is 2.39. The highest BCUT2D eigenvalue weighted by molar-refractivity contribution is 5.32. The molecule has 0 amide bonds. The summed E-state index contributed by atoms with van der Waals surface area (Å²) in [6, 6.07) is 18.4. The van der Waals surface area contributed by atoms with E-state index >= 15 is 0 Å². The van der Waals surface area contributed by atoms with Crippen molar-refractivity contribution in [2.45, 2.75) is 25.0 Å². The van der Waals surface area contributed by atoms with E-state index < -0.39 is 11.2 Å². The first kappa shape index (κ1) is 12.8. The van der Waals surface area contributed by atoms with Crippen LogP contribution < -0.4 is 0 Å². The molecule has 2 nitrogen and oxygen atoms in total. The average molecular weight is 242 g/mol. The van der Waals surface area contributed by atoms with E-state index in [0.29, 0.717) is 11.1 Å². The minimum Gasteiger partial charge on any atom is -0.382 e. The van der Waals surface area contributed by atoms with Gasteiger partial charge in [-0.15, -0.1) is 0 Å². The van der Waals surface area contributed by atoms with Crippen LogP contribution in [0.1, 0.15) is 25.0 Å². The monoisotopic (exact) mass is 242 g/mol. The van der Waals surface area contributed by atoms with Crippen LogP contribution in [0.5, 0.6) is 0 Å². The molecule has 0 unspecified atom stereocenters. The van der Waals surface area contributed by atoms with Crippen molar-refractivity contribution in [3.8, 4) is 0 Å². The van der Waals surface area contributed by atoms with Crippen LogP contribution in [-0.2, 0) is 11.2 Å². The maximum atomic E-state index is 10.7. The van der Waals surface area contributed by atoms with E-state index in [4.69, 9.17) is 0 Å². The number of benzene rings is 2. The summed E-state index contributed by atoms with van der Waals surface area (Å²) in [7, 11) is 0. The van der Waals surface area contributed by atoms with Gasteiger partial charge in [-0.2, -0.15) is 0 Å². The van der Waals surface area contributed by atoms with Crippen molar-refractivity contribution in [1.29, 1.82) is 0 Å². The van der Waals surface area contributed by atoms with Crippen LogP contribution in [0.15, 0.2) is 60.7 Å². The summed E-state index contributed by atoms with van der Waals surface area (Å²) in [6.45, 7) is 3.27. The topological polar surface area (TPSA) is 40.5 Å². The lowest BCUT2D eigenvalue weighted by Crippen LogP contribution is -2.45. The van der Waals surface area contributed by atoms with Gasteiger partial charge in [-0.3, -0.25) is 0 Å². The van der Waals surface area contributed by atoms with Gasteiger partial charge in [-0.05, 0) is 25.0 Å². The Morgan fingerprint density at radius 1 is 0.611 bits per heavy atom. The molecule has 0 radical (unpaired) electrons. The van der Waals surface area contributed by atoms with Gasteiger partial charge in [0.25, 0.3) is 0 Å². The number of hydrogen-bond donors (Lipinski definition) is 2. The first-order chi connectivity index (χ1) is 8.46. The lowest BCUT2D eigenvalue weighted by Gasteiger charge is -2.39. The Kier molecular flexibility index (Phi) is 3.24. The maximum absolute atomic E-state index is 10.7. The minimum atomic E-state index is -1.35. The third-order valence-electron chi connectivity index (χ3n) is 3.62. The molecule has 0 aliphatic carbocycles. The average Bonchev–Trinajstić information content (AvgIpc) is 2.40. The zero-order valence-electron chi connectivity index (χ0n) is 10.7. The standard InChI is InChI=1S/C16H18O2/c1-15(17,13-9-5-3-6-10-13)16(2,18)14-11-7-4-8-12-14/h3-12,17-18H,1-2H3/t15-,16-/m1/s1. The van der Waals surface area contributed by atoms with E-state index in [1.165, 1.54) is 0 Å². The van der Waals surface area contributed by atoms with E-state index in [2.05, 4.69) is 0 Å². The molecule has 2 aromatic carbocycles. The molecule has 0 aliphatic heterocycles. The highest BCUT2D eigenvalue weighted by Gasteiger charge is 2.44. The van der Waals surface area contributed by atoms with Crippen LogP contribution in [0, 0.1) is 0 Å². The third-order valence-corrected chi connectivity index (χ3v) is 3.62. The third kappa shape index (κ3) is 2.05. The van der Waals surface area contributed by atoms with Gasteiger partial charge in [0, 0.05) is 0 Å². The lowest BCUT2D eigenvalue weighted by molar-refractivity contribution is -0.143. The molecule has 0 aromatic heterocycles. The fourth-order valence-electron chi connectivity index (χ4n) is 2.09. The van der Waals surface area contributed by atoms with Gasteiger partial charge in [0.2, 0.25) is 0 Å². The van der Waals surface area contributed by atoms with Crippen LogP contribution in [0.3, 0.4) is 0 Å².